The Hall–Kier alpha value is -0.820. The average Bonchev–Trinajstić information content (AvgIpc) is 2.05. The Balaban J connectivity index is 3.06. The molecule has 68 valence electrons. The van der Waals surface area contributed by atoms with Crippen LogP contribution in [-0.2, 0) is 19.1 Å². The zero-order valence-electron chi connectivity index (χ0n) is 6.53. The lowest BCUT2D eigenvalue weighted by atomic mass is 9.80. The molecule has 0 amide bonds. The maximum atomic E-state index is 10.8. The molecule has 6 nitrogen and oxygen atoms in total. The van der Waals surface area contributed by atoms with Gasteiger partial charge in [0.05, 0.1) is 0 Å². The lowest BCUT2D eigenvalue weighted by Crippen LogP contribution is -2.79. The normalized spacial score (nSPS) is 25.3. The lowest BCUT2D eigenvalue weighted by Gasteiger charge is -2.44. The fraction of sp³-hybridized carbons (Fsp3) is 0.667. The van der Waals surface area contributed by atoms with E-state index in [4.69, 9.17) is 10.2 Å². The van der Waals surface area contributed by atoms with E-state index >= 15 is 0 Å². The fourth-order valence-corrected chi connectivity index (χ4v) is 1.11. The van der Waals surface area contributed by atoms with Crippen molar-refractivity contribution in [2.75, 3.05) is 14.2 Å². The molecule has 2 N–H and O–H groups in total. The lowest BCUT2D eigenvalue weighted by molar-refractivity contribution is -0.353. The van der Waals surface area contributed by atoms with Gasteiger partial charge in [-0.15, -0.1) is 0 Å². The number of Topliss-reactive ketones (excluding diaryl/α,β-unsaturated/α-hetero) is 2. The number of carbonyl (C=O) groups excluding carboxylic acids is 2. The number of ether oxygens (including phenoxy) is 2. The number of hydrogen-bond acceptors (Lipinski definition) is 6. The van der Waals surface area contributed by atoms with Gasteiger partial charge >= 0.3 is 5.79 Å². The van der Waals surface area contributed by atoms with E-state index in [-0.39, 0.29) is 0 Å². The summed E-state index contributed by atoms with van der Waals surface area (Å²) in [4.78, 5) is 21.4. The van der Waals surface area contributed by atoms with Crippen molar-refractivity contribution in [3.63, 3.8) is 0 Å². The fourth-order valence-electron chi connectivity index (χ4n) is 1.11. The summed E-state index contributed by atoms with van der Waals surface area (Å²) in [6.45, 7) is 0. The first-order chi connectivity index (χ1) is 5.44. The molecule has 0 saturated heterocycles. The maximum absolute atomic E-state index is 10.8. The molecular weight excluding hydrogens is 168 g/mol. The molecule has 1 aliphatic carbocycles. The molecule has 1 rings (SSSR count). The second kappa shape index (κ2) is 2.33. The third-order valence-electron chi connectivity index (χ3n) is 1.86. The highest BCUT2D eigenvalue weighted by molar-refractivity contribution is 6.50. The summed E-state index contributed by atoms with van der Waals surface area (Å²) in [6.07, 6.45) is 0. The van der Waals surface area contributed by atoms with Crippen LogP contribution in [0.4, 0.5) is 0 Å². The monoisotopic (exact) mass is 176 g/mol. The topological polar surface area (TPSA) is 93.1 Å². The van der Waals surface area contributed by atoms with Crippen molar-refractivity contribution in [2.24, 2.45) is 0 Å². The summed E-state index contributed by atoms with van der Waals surface area (Å²) >= 11 is 0. The number of methoxy groups -OCH3 is 2. The molecule has 1 aliphatic rings. The van der Waals surface area contributed by atoms with Crippen molar-refractivity contribution in [3.05, 3.63) is 0 Å². The Morgan fingerprint density at radius 3 is 1.67 bits per heavy atom. The first-order valence-electron chi connectivity index (χ1n) is 3.08. The van der Waals surface area contributed by atoms with E-state index in [1.165, 1.54) is 0 Å². The van der Waals surface area contributed by atoms with Gasteiger partial charge in [0.1, 0.15) is 0 Å². The highest BCUT2D eigenvalue weighted by Crippen LogP contribution is 2.37. The molecule has 0 heterocycles. The molecule has 6 heteroatoms. The van der Waals surface area contributed by atoms with Crippen LogP contribution in [0.2, 0.25) is 0 Å². The highest BCUT2D eigenvalue weighted by Gasteiger charge is 2.75. The zero-order chi connectivity index (χ0) is 9.57. The third kappa shape index (κ3) is 0.674. The minimum absolute atomic E-state index is 1.04. The van der Waals surface area contributed by atoms with Crippen LogP contribution in [0.5, 0.6) is 0 Å². The van der Waals surface area contributed by atoms with E-state index in [0.717, 1.165) is 14.2 Å². The molecule has 0 bridgehead atoms. The summed E-state index contributed by atoms with van der Waals surface area (Å²) in [5.74, 6) is -7.54. The van der Waals surface area contributed by atoms with E-state index < -0.39 is 23.1 Å². The molecule has 0 radical (unpaired) electrons. The number of rotatable bonds is 2. The molecule has 12 heavy (non-hydrogen) atoms. The predicted molar refractivity (Wildman–Crippen MR) is 33.9 cm³/mol. The van der Waals surface area contributed by atoms with Crippen LogP contribution in [0.1, 0.15) is 0 Å². The Bertz CT molecular complexity index is 238. The quantitative estimate of drug-likeness (QED) is 0.366. The molecule has 0 aromatic heterocycles. The van der Waals surface area contributed by atoms with Crippen molar-refractivity contribution in [2.45, 2.75) is 11.6 Å². The Morgan fingerprint density at radius 2 is 1.50 bits per heavy atom. The van der Waals surface area contributed by atoms with Crippen molar-refractivity contribution in [1.82, 2.24) is 0 Å². The summed E-state index contributed by atoms with van der Waals surface area (Å²) < 4.78 is 8.86. The van der Waals surface area contributed by atoms with Crippen LogP contribution in [0.15, 0.2) is 0 Å². The summed E-state index contributed by atoms with van der Waals surface area (Å²) in [6, 6.07) is 0. The van der Waals surface area contributed by atoms with Gasteiger partial charge in [-0.25, -0.2) is 0 Å². The van der Waals surface area contributed by atoms with E-state index in [0.29, 0.717) is 0 Å². The molecule has 1 saturated carbocycles. The number of carbonyl (C=O) groups is 2. The SMILES string of the molecule is COC1(OC)C(=O)C(=O)C1(O)O. The smallest absolute Gasteiger partial charge is 0.300 e. The zero-order valence-corrected chi connectivity index (χ0v) is 6.53. The van der Waals surface area contributed by atoms with Crippen molar-refractivity contribution >= 4 is 11.6 Å². The van der Waals surface area contributed by atoms with Crippen molar-refractivity contribution in [3.8, 4) is 0 Å². The van der Waals surface area contributed by atoms with Gasteiger partial charge in [-0.05, 0) is 0 Å². The summed E-state index contributed by atoms with van der Waals surface area (Å²) in [5, 5.41) is 18.0. The minimum Gasteiger partial charge on any atom is -0.355 e. The standard InChI is InChI=1S/C6H8O6/c1-11-6(12-2)4(8)3(7)5(6,9)10/h9-10H,1-2H3. The van der Waals surface area contributed by atoms with Gasteiger partial charge < -0.3 is 19.7 Å². The second-order valence-electron chi connectivity index (χ2n) is 2.36. The van der Waals surface area contributed by atoms with Crippen LogP contribution in [0.25, 0.3) is 0 Å². The van der Waals surface area contributed by atoms with Crippen molar-refractivity contribution < 1.29 is 29.3 Å². The number of aliphatic hydroxyl groups is 2. The Morgan fingerprint density at radius 1 is 1.08 bits per heavy atom. The van der Waals surface area contributed by atoms with Crippen LogP contribution < -0.4 is 0 Å². The Labute approximate surface area is 67.7 Å². The van der Waals surface area contributed by atoms with Gasteiger partial charge in [0.2, 0.25) is 0 Å². The molecule has 0 aliphatic heterocycles. The molecule has 0 aromatic carbocycles. The van der Waals surface area contributed by atoms with Gasteiger partial charge in [-0.1, -0.05) is 0 Å². The molecular formula is C6H8O6. The molecule has 0 atom stereocenters. The van der Waals surface area contributed by atoms with E-state index in [1.807, 2.05) is 0 Å². The first kappa shape index (κ1) is 9.27. The van der Waals surface area contributed by atoms with Crippen LogP contribution >= 0.6 is 0 Å². The first-order valence-corrected chi connectivity index (χ1v) is 3.08. The van der Waals surface area contributed by atoms with E-state index in [9.17, 15) is 9.59 Å². The molecule has 0 spiro atoms. The third-order valence-corrected chi connectivity index (χ3v) is 1.86. The predicted octanol–water partition coefficient (Wildman–Crippen LogP) is -2.19. The van der Waals surface area contributed by atoms with Crippen LogP contribution in [0.3, 0.4) is 0 Å². The van der Waals surface area contributed by atoms with Crippen LogP contribution in [-0.4, -0.2) is 47.6 Å². The minimum atomic E-state index is -2.87. The molecule has 0 unspecified atom stereocenters. The van der Waals surface area contributed by atoms with E-state index in [2.05, 4.69) is 9.47 Å². The Kier molecular flexibility index (Phi) is 1.80. The van der Waals surface area contributed by atoms with Gasteiger partial charge in [0, 0.05) is 14.2 Å². The van der Waals surface area contributed by atoms with E-state index in [1.54, 1.807) is 0 Å². The number of hydrogen-bond donors (Lipinski definition) is 2. The van der Waals surface area contributed by atoms with Crippen LogP contribution in [0, 0.1) is 0 Å². The molecule has 0 aromatic rings. The van der Waals surface area contributed by atoms with Crippen molar-refractivity contribution in [1.29, 1.82) is 0 Å². The van der Waals surface area contributed by atoms with Gasteiger partial charge in [-0.3, -0.25) is 9.59 Å². The van der Waals surface area contributed by atoms with Gasteiger partial charge in [-0.2, -0.15) is 0 Å². The van der Waals surface area contributed by atoms with Gasteiger partial charge in [0.15, 0.2) is 0 Å². The molecule has 1 fully saturated rings. The largest absolute Gasteiger partial charge is 0.355 e. The summed E-state index contributed by atoms with van der Waals surface area (Å²) in [7, 11) is 2.07. The average molecular weight is 176 g/mol. The highest BCUT2D eigenvalue weighted by atomic mass is 16.7. The maximum Gasteiger partial charge on any atom is 0.300 e. The number of ketones is 2. The summed E-state index contributed by atoms with van der Waals surface area (Å²) in [5.41, 5.74) is 0. The second-order valence-corrected chi connectivity index (χ2v) is 2.36. The van der Waals surface area contributed by atoms with Gasteiger partial charge in [0.25, 0.3) is 17.4 Å².